The molecule has 0 aromatic heterocycles. The summed E-state index contributed by atoms with van der Waals surface area (Å²) in [6.45, 7) is 3.62. The Balaban J connectivity index is 2.40. The molecule has 140 valence electrons. The van der Waals surface area contributed by atoms with Crippen LogP contribution in [-0.2, 0) is 20.2 Å². The lowest BCUT2D eigenvalue weighted by Gasteiger charge is -2.25. The second kappa shape index (κ2) is 7.47. The highest BCUT2D eigenvalue weighted by atomic mass is 32.2. The van der Waals surface area contributed by atoms with E-state index in [4.69, 9.17) is 4.74 Å². The number of nitrogens with one attached hydrogen (secondary N) is 1. The van der Waals surface area contributed by atoms with Crippen LogP contribution in [0, 0.1) is 0 Å². The minimum atomic E-state index is -3.62. The van der Waals surface area contributed by atoms with Crippen molar-refractivity contribution in [3.63, 3.8) is 0 Å². The predicted molar refractivity (Wildman–Crippen MR) is 102 cm³/mol. The van der Waals surface area contributed by atoms with E-state index in [1.54, 1.807) is 0 Å². The molecule has 0 aliphatic carbocycles. The number of nitrogens with zero attached hydrogens (tertiary/aromatic N) is 1. The van der Waals surface area contributed by atoms with E-state index in [0.717, 1.165) is 9.87 Å². The molecule has 0 aliphatic heterocycles. The van der Waals surface area contributed by atoms with Crippen molar-refractivity contribution in [3.8, 4) is 5.75 Å². The van der Waals surface area contributed by atoms with E-state index < -0.39 is 15.4 Å². The van der Waals surface area contributed by atoms with Gasteiger partial charge in [-0.25, -0.2) is 12.7 Å². The number of carbonyl (C=O) groups excluding carboxylic acids is 1. The molecular formula is C19H24N2O4S. The number of benzene rings is 2. The van der Waals surface area contributed by atoms with Gasteiger partial charge in [-0.05, 0) is 37.6 Å². The van der Waals surface area contributed by atoms with Gasteiger partial charge < -0.3 is 10.1 Å². The van der Waals surface area contributed by atoms with Crippen molar-refractivity contribution >= 4 is 21.6 Å². The smallest absolute Gasteiger partial charge is 0.242 e. The zero-order valence-corrected chi connectivity index (χ0v) is 16.4. The molecule has 0 atom stereocenters. The van der Waals surface area contributed by atoms with Crippen molar-refractivity contribution in [2.75, 3.05) is 26.5 Å². The minimum absolute atomic E-state index is 0.0797. The summed E-state index contributed by atoms with van der Waals surface area (Å²) in [5.41, 5.74) is 0.362. The standard InChI is InChI=1S/C19H24N2O4S/c1-19(2,14-9-7-6-8-10-14)18(22)20-16-13-15(11-12-17(16)25-5)26(23,24)21(3)4/h6-13H,1-5H3,(H,20,22). The fourth-order valence-corrected chi connectivity index (χ4v) is 3.35. The summed E-state index contributed by atoms with van der Waals surface area (Å²) in [5.74, 6) is 0.126. The van der Waals surface area contributed by atoms with Gasteiger partial charge in [0, 0.05) is 14.1 Å². The highest BCUT2D eigenvalue weighted by molar-refractivity contribution is 7.89. The van der Waals surface area contributed by atoms with Crippen LogP contribution in [-0.4, -0.2) is 39.8 Å². The average molecular weight is 376 g/mol. The number of sulfonamides is 1. The Morgan fingerprint density at radius 3 is 2.23 bits per heavy atom. The summed E-state index contributed by atoms with van der Waals surface area (Å²) in [6, 6.07) is 13.8. The summed E-state index contributed by atoms with van der Waals surface area (Å²) < 4.78 is 31.1. The Kier molecular flexibility index (Phi) is 5.73. The normalized spacial score (nSPS) is 12.1. The van der Waals surface area contributed by atoms with Crippen LogP contribution in [0.25, 0.3) is 0 Å². The van der Waals surface area contributed by atoms with Gasteiger partial charge in [0.05, 0.1) is 23.1 Å². The average Bonchev–Trinajstić information content (AvgIpc) is 2.62. The Morgan fingerprint density at radius 2 is 1.69 bits per heavy atom. The third-order valence-electron chi connectivity index (χ3n) is 4.26. The first-order valence-corrected chi connectivity index (χ1v) is 9.52. The van der Waals surface area contributed by atoms with Gasteiger partial charge in [0.1, 0.15) is 5.75 Å². The lowest BCUT2D eigenvalue weighted by molar-refractivity contribution is -0.120. The zero-order chi connectivity index (χ0) is 19.5. The number of hydrogen-bond donors (Lipinski definition) is 1. The number of methoxy groups -OCH3 is 1. The van der Waals surface area contributed by atoms with Crippen molar-refractivity contribution in [1.29, 1.82) is 0 Å². The first-order valence-electron chi connectivity index (χ1n) is 8.08. The largest absolute Gasteiger partial charge is 0.495 e. The van der Waals surface area contributed by atoms with Crippen molar-refractivity contribution in [3.05, 3.63) is 54.1 Å². The van der Waals surface area contributed by atoms with E-state index in [0.29, 0.717) is 11.4 Å². The first-order chi connectivity index (χ1) is 12.1. The summed E-state index contributed by atoms with van der Waals surface area (Å²) >= 11 is 0. The fourth-order valence-electron chi connectivity index (χ4n) is 2.42. The molecular weight excluding hydrogens is 352 g/mol. The van der Waals surface area contributed by atoms with E-state index in [9.17, 15) is 13.2 Å². The lowest BCUT2D eigenvalue weighted by Crippen LogP contribution is -2.34. The third kappa shape index (κ3) is 3.89. The molecule has 2 rings (SSSR count). The van der Waals surface area contributed by atoms with Crippen molar-refractivity contribution < 1.29 is 17.9 Å². The van der Waals surface area contributed by atoms with Gasteiger partial charge in [-0.2, -0.15) is 0 Å². The maximum atomic E-state index is 12.9. The predicted octanol–water partition coefficient (Wildman–Crippen LogP) is 2.86. The van der Waals surface area contributed by atoms with Crippen molar-refractivity contribution in [2.24, 2.45) is 0 Å². The van der Waals surface area contributed by atoms with Gasteiger partial charge >= 0.3 is 0 Å². The Morgan fingerprint density at radius 1 is 1.08 bits per heavy atom. The Hall–Kier alpha value is -2.38. The monoisotopic (exact) mass is 376 g/mol. The van der Waals surface area contributed by atoms with Crippen LogP contribution in [0.15, 0.2) is 53.4 Å². The number of carbonyl (C=O) groups is 1. The van der Waals surface area contributed by atoms with Crippen LogP contribution >= 0.6 is 0 Å². The Bertz CT molecular complexity index is 891. The van der Waals surface area contributed by atoms with Crippen LogP contribution in [0.5, 0.6) is 5.75 Å². The molecule has 26 heavy (non-hydrogen) atoms. The van der Waals surface area contributed by atoms with Gasteiger partial charge in [-0.15, -0.1) is 0 Å². The number of hydrogen-bond acceptors (Lipinski definition) is 4. The van der Waals surface area contributed by atoms with E-state index in [-0.39, 0.29) is 10.8 Å². The highest BCUT2D eigenvalue weighted by Gasteiger charge is 2.30. The molecule has 6 nitrogen and oxygen atoms in total. The van der Waals surface area contributed by atoms with Gasteiger partial charge in [-0.3, -0.25) is 4.79 Å². The molecule has 0 aliphatic rings. The van der Waals surface area contributed by atoms with Gasteiger partial charge in [0.15, 0.2) is 0 Å². The number of amides is 1. The topological polar surface area (TPSA) is 75.7 Å². The molecule has 0 saturated carbocycles. The second-order valence-electron chi connectivity index (χ2n) is 6.59. The van der Waals surface area contributed by atoms with E-state index >= 15 is 0 Å². The molecule has 0 saturated heterocycles. The summed E-state index contributed by atoms with van der Waals surface area (Å²) in [6.07, 6.45) is 0. The molecule has 2 aromatic carbocycles. The summed E-state index contributed by atoms with van der Waals surface area (Å²) in [7, 11) is 0.754. The second-order valence-corrected chi connectivity index (χ2v) is 8.75. The van der Waals surface area contributed by atoms with Gasteiger partial charge in [0.25, 0.3) is 0 Å². The fraction of sp³-hybridized carbons (Fsp3) is 0.316. The van der Waals surface area contributed by atoms with Crippen LogP contribution in [0.3, 0.4) is 0 Å². The molecule has 0 spiro atoms. The maximum absolute atomic E-state index is 12.9. The number of rotatable bonds is 6. The molecule has 0 unspecified atom stereocenters. The van der Waals surface area contributed by atoms with E-state index in [1.165, 1.54) is 39.4 Å². The maximum Gasteiger partial charge on any atom is 0.242 e. The molecule has 0 heterocycles. The van der Waals surface area contributed by atoms with E-state index in [2.05, 4.69) is 5.32 Å². The third-order valence-corrected chi connectivity index (χ3v) is 6.07. The molecule has 1 amide bonds. The van der Waals surface area contributed by atoms with Crippen LogP contribution in [0.4, 0.5) is 5.69 Å². The van der Waals surface area contributed by atoms with Crippen molar-refractivity contribution in [1.82, 2.24) is 4.31 Å². The number of anilines is 1. The molecule has 2 aromatic rings. The highest BCUT2D eigenvalue weighted by Crippen LogP contribution is 2.31. The van der Waals surface area contributed by atoms with Crippen LogP contribution in [0.1, 0.15) is 19.4 Å². The summed E-state index contributed by atoms with van der Waals surface area (Å²) in [5, 5.41) is 2.80. The Labute approximate surface area is 154 Å². The molecule has 1 N–H and O–H groups in total. The van der Waals surface area contributed by atoms with Crippen LogP contribution in [0.2, 0.25) is 0 Å². The van der Waals surface area contributed by atoms with Gasteiger partial charge in [0.2, 0.25) is 15.9 Å². The number of ether oxygens (including phenoxy) is 1. The lowest BCUT2D eigenvalue weighted by atomic mass is 9.83. The molecule has 7 heteroatoms. The van der Waals surface area contributed by atoms with E-state index in [1.807, 2.05) is 44.2 Å². The summed E-state index contributed by atoms with van der Waals surface area (Å²) in [4.78, 5) is 13.0. The minimum Gasteiger partial charge on any atom is -0.495 e. The first kappa shape index (κ1) is 19.9. The van der Waals surface area contributed by atoms with Crippen LogP contribution < -0.4 is 10.1 Å². The van der Waals surface area contributed by atoms with Gasteiger partial charge in [-0.1, -0.05) is 30.3 Å². The SMILES string of the molecule is COc1ccc(S(=O)(=O)N(C)C)cc1NC(=O)C(C)(C)c1ccccc1. The van der Waals surface area contributed by atoms with Crippen molar-refractivity contribution in [2.45, 2.75) is 24.2 Å². The molecule has 0 radical (unpaired) electrons. The molecule has 0 fully saturated rings. The quantitative estimate of drug-likeness (QED) is 0.841. The zero-order valence-electron chi connectivity index (χ0n) is 15.6. The molecule has 0 bridgehead atoms.